The number of ether oxygens (including phenoxy) is 1. The average Bonchev–Trinajstić information content (AvgIpc) is 2.15. The van der Waals surface area contributed by atoms with Crippen molar-refractivity contribution in [3.63, 3.8) is 0 Å². The SMILES string of the molecule is O=C1Oc2ccccc2C(O)(O)C1O. The Kier molecular flexibility index (Phi) is 1.81. The lowest BCUT2D eigenvalue weighted by atomic mass is 9.97. The van der Waals surface area contributed by atoms with Gasteiger partial charge in [0.05, 0.1) is 5.56 Å². The predicted octanol–water partition coefficient (Wildman–Crippen LogP) is -0.896. The summed E-state index contributed by atoms with van der Waals surface area (Å²) < 4.78 is 4.67. The maximum absolute atomic E-state index is 11.0. The third-order valence-corrected chi connectivity index (χ3v) is 2.10. The first-order chi connectivity index (χ1) is 6.53. The number of hydrogen-bond acceptors (Lipinski definition) is 5. The van der Waals surface area contributed by atoms with Crippen LogP contribution >= 0.6 is 0 Å². The van der Waals surface area contributed by atoms with Gasteiger partial charge in [-0.05, 0) is 12.1 Å². The zero-order chi connectivity index (χ0) is 10.3. The molecule has 74 valence electrons. The molecule has 0 aliphatic carbocycles. The number of para-hydroxylation sites is 1. The van der Waals surface area contributed by atoms with Gasteiger partial charge in [-0.1, -0.05) is 12.1 Å². The highest BCUT2D eigenvalue weighted by Crippen LogP contribution is 2.35. The monoisotopic (exact) mass is 196 g/mol. The van der Waals surface area contributed by atoms with E-state index < -0.39 is 17.9 Å². The topological polar surface area (TPSA) is 87.0 Å². The van der Waals surface area contributed by atoms with Crippen LogP contribution in [0.4, 0.5) is 0 Å². The summed E-state index contributed by atoms with van der Waals surface area (Å²) in [5, 5.41) is 28.1. The molecule has 0 spiro atoms. The predicted molar refractivity (Wildman–Crippen MR) is 44.2 cm³/mol. The van der Waals surface area contributed by atoms with E-state index in [2.05, 4.69) is 4.74 Å². The highest BCUT2D eigenvalue weighted by molar-refractivity contribution is 5.81. The molecule has 5 heteroatoms. The van der Waals surface area contributed by atoms with Crippen LogP contribution < -0.4 is 4.74 Å². The first-order valence-electron chi connectivity index (χ1n) is 3.97. The summed E-state index contributed by atoms with van der Waals surface area (Å²) in [7, 11) is 0. The van der Waals surface area contributed by atoms with E-state index in [0.717, 1.165) is 0 Å². The Morgan fingerprint density at radius 3 is 2.64 bits per heavy atom. The number of rotatable bonds is 0. The fourth-order valence-corrected chi connectivity index (χ4v) is 1.34. The molecular formula is C9H8O5. The molecule has 0 aromatic heterocycles. The number of benzene rings is 1. The highest BCUT2D eigenvalue weighted by atomic mass is 16.6. The number of hydrogen-bond donors (Lipinski definition) is 3. The van der Waals surface area contributed by atoms with Crippen molar-refractivity contribution in [2.24, 2.45) is 0 Å². The zero-order valence-electron chi connectivity index (χ0n) is 7.04. The summed E-state index contributed by atoms with van der Waals surface area (Å²) in [6.45, 7) is 0. The number of carbonyl (C=O) groups is 1. The van der Waals surface area contributed by atoms with Crippen LogP contribution in [0, 0.1) is 0 Å². The van der Waals surface area contributed by atoms with Crippen molar-refractivity contribution >= 4 is 5.97 Å². The molecule has 0 saturated heterocycles. The van der Waals surface area contributed by atoms with Gasteiger partial charge in [-0.3, -0.25) is 0 Å². The Hall–Kier alpha value is -1.43. The second-order valence-electron chi connectivity index (χ2n) is 3.05. The molecule has 14 heavy (non-hydrogen) atoms. The molecule has 1 aliphatic rings. The summed E-state index contributed by atoms with van der Waals surface area (Å²) in [5.74, 6) is -3.60. The maximum Gasteiger partial charge on any atom is 0.346 e. The van der Waals surface area contributed by atoms with Gasteiger partial charge in [0, 0.05) is 0 Å². The Balaban J connectivity index is 2.59. The lowest BCUT2D eigenvalue weighted by Gasteiger charge is -2.31. The second kappa shape index (κ2) is 2.78. The van der Waals surface area contributed by atoms with Gasteiger partial charge in [-0.2, -0.15) is 0 Å². The third-order valence-electron chi connectivity index (χ3n) is 2.10. The van der Waals surface area contributed by atoms with E-state index in [1.165, 1.54) is 12.1 Å². The number of esters is 1. The Bertz CT molecular complexity index is 385. The maximum atomic E-state index is 11.0. The normalized spacial score (nSPS) is 23.9. The van der Waals surface area contributed by atoms with Crippen molar-refractivity contribution in [1.82, 2.24) is 0 Å². The van der Waals surface area contributed by atoms with Crippen molar-refractivity contribution in [1.29, 1.82) is 0 Å². The molecule has 0 bridgehead atoms. The van der Waals surface area contributed by atoms with E-state index >= 15 is 0 Å². The molecule has 0 saturated carbocycles. The minimum Gasteiger partial charge on any atom is -0.424 e. The number of fused-ring (bicyclic) bond motifs is 1. The van der Waals surface area contributed by atoms with Gasteiger partial charge in [-0.25, -0.2) is 4.79 Å². The van der Waals surface area contributed by atoms with E-state index in [9.17, 15) is 20.1 Å². The molecule has 1 unspecified atom stereocenters. The fourth-order valence-electron chi connectivity index (χ4n) is 1.34. The summed E-state index contributed by atoms with van der Waals surface area (Å²) in [4.78, 5) is 11.0. The molecule has 2 rings (SSSR count). The van der Waals surface area contributed by atoms with Crippen LogP contribution in [-0.2, 0) is 10.6 Å². The van der Waals surface area contributed by atoms with Crippen LogP contribution in [0.3, 0.4) is 0 Å². The molecule has 0 fully saturated rings. The van der Waals surface area contributed by atoms with E-state index in [-0.39, 0.29) is 11.3 Å². The van der Waals surface area contributed by atoms with Crippen molar-refractivity contribution in [2.45, 2.75) is 11.9 Å². The molecular weight excluding hydrogens is 188 g/mol. The zero-order valence-corrected chi connectivity index (χ0v) is 7.04. The minimum atomic E-state index is -2.58. The molecule has 1 atom stereocenters. The Labute approximate surface area is 79.2 Å². The largest absolute Gasteiger partial charge is 0.424 e. The first kappa shape index (κ1) is 9.14. The van der Waals surface area contributed by atoms with Crippen LogP contribution in [0.1, 0.15) is 5.56 Å². The standard InChI is InChI=1S/C9H8O5/c10-7-8(11)14-6-4-2-1-3-5(6)9(7,12)13/h1-4,7,10,12-13H. The smallest absolute Gasteiger partial charge is 0.346 e. The highest BCUT2D eigenvalue weighted by Gasteiger charge is 2.47. The van der Waals surface area contributed by atoms with Gasteiger partial charge in [0.2, 0.25) is 11.9 Å². The molecule has 5 nitrogen and oxygen atoms in total. The summed E-state index contributed by atoms with van der Waals surface area (Å²) in [5.41, 5.74) is -0.0212. The van der Waals surface area contributed by atoms with E-state index in [1.807, 2.05) is 0 Å². The quantitative estimate of drug-likeness (QED) is 0.284. The lowest BCUT2D eigenvalue weighted by molar-refractivity contribution is -0.243. The van der Waals surface area contributed by atoms with Crippen molar-refractivity contribution < 1.29 is 24.9 Å². The van der Waals surface area contributed by atoms with Gasteiger partial charge in [0.15, 0.2) is 0 Å². The molecule has 1 aromatic rings. The first-order valence-corrected chi connectivity index (χ1v) is 3.97. The molecule has 0 amide bonds. The number of aliphatic hydroxyl groups is 3. The van der Waals surface area contributed by atoms with Crippen LogP contribution in [0.15, 0.2) is 24.3 Å². The fraction of sp³-hybridized carbons (Fsp3) is 0.222. The van der Waals surface area contributed by atoms with Gasteiger partial charge in [0.1, 0.15) is 5.75 Å². The third kappa shape index (κ3) is 1.11. The van der Waals surface area contributed by atoms with Gasteiger partial charge in [0.25, 0.3) is 0 Å². The van der Waals surface area contributed by atoms with Crippen molar-refractivity contribution in [3.8, 4) is 5.75 Å². The number of aliphatic hydroxyl groups excluding tert-OH is 1. The summed E-state index contributed by atoms with van der Waals surface area (Å²) >= 11 is 0. The van der Waals surface area contributed by atoms with Crippen LogP contribution in [-0.4, -0.2) is 27.4 Å². The summed E-state index contributed by atoms with van der Waals surface area (Å²) in [6.07, 6.45) is -1.97. The van der Waals surface area contributed by atoms with Crippen LogP contribution in [0.2, 0.25) is 0 Å². The summed E-state index contributed by atoms with van der Waals surface area (Å²) in [6, 6.07) is 5.91. The van der Waals surface area contributed by atoms with E-state index in [1.54, 1.807) is 12.1 Å². The second-order valence-corrected chi connectivity index (χ2v) is 3.05. The average molecular weight is 196 g/mol. The van der Waals surface area contributed by atoms with Crippen LogP contribution in [0.5, 0.6) is 5.75 Å². The van der Waals surface area contributed by atoms with Gasteiger partial charge >= 0.3 is 5.97 Å². The molecule has 1 heterocycles. The molecule has 1 aliphatic heterocycles. The lowest BCUT2D eigenvalue weighted by Crippen LogP contribution is -2.49. The van der Waals surface area contributed by atoms with Gasteiger partial charge < -0.3 is 20.1 Å². The molecule has 3 N–H and O–H groups in total. The van der Waals surface area contributed by atoms with Crippen molar-refractivity contribution in [3.05, 3.63) is 29.8 Å². The minimum absolute atomic E-state index is 0.0212. The van der Waals surface area contributed by atoms with E-state index in [4.69, 9.17) is 0 Å². The van der Waals surface area contributed by atoms with Crippen molar-refractivity contribution in [2.75, 3.05) is 0 Å². The molecule has 0 radical (unpaired) electrons. The molecule has 1 aromatic carbocycles. The Morgan fingerprint density at radius 1 is 1.29 bits per heavy atom. The van der Waals surface area contributed by atoms with E-state index in [0.29, 0.717) is 0 Å². The Morgan fingerprint density at radius 2 is 1.93 bits per heavy atom. The van der Waals surface area contributed by atoms with Gasteiger partial charge in [-0.15, -0.1) is 0 Å². The number of carbonyl (C=O) groups excluding carboxylic acids is 1. The van der Waals surface area contributed by atoms with Crippen LogP contribution in [0.25, 0.3) is 0 Å².